The van der Waals surface area contributed by atoms with Gasteiger partial charge >= 0.3 is 102 Å². The Morgan fingerprint density at radius 3 is 2.57 bits per heavy atom. The zero-order valence-electron chi connectivity index (χ0n) is 8.50. The van der Waals surface area contributed by atoms with E-state index in [1.54, 1.807) is 27.4 Å². The van der Waals surface area contributed by atoms with Gasteiger partial charge in [0.25, 0.3) is 0 Å². The zero-order valence-corrected chi connectivity index (χ0v) is 11.0. The Bertz CT molecular complexity index is 287. The predicted octanol–water partition coefficient (Wildman–Crippen LogP) is 3.50. The number of rotatable bonds is 6. The number of benzene rings is 1. The quantitative estimate of drug-likeness (QED) is 0.544. The average Bonchev–Trinajstić information content (AvgIpc) is 2.25. The molecule has 0 aromatic heterocycles. The monoisotopic (exact) mass is 262 g/mol. The minimum absolute atomic E-state index is 1.15. The van der Waals surface area contributed by atoms with Crippen LogP contribution in [-0.4, -0.2) is 3.21 Å². The van der Waals surface area contributed by atoms with Crippen LogP contribution >= 0.6 is 0 Å². The Kier molecular flexibility index (Phi) is 5.95. The van der Waals surface area contributed by atoms with Crippen molar-refractivity contribution in [3.63, 3.8) is 0 Å². The van der Waals surface area contributed by atoms with Gasteiger partial charge in [-0.3, -0.25) is 0 Å². The molecule has 0 spiro atoms. The number of hydrogen-bond acceptors (Lipinski definition) is 0. The fourth-order valence-corrected chi connectivity index (χ4v) is 2.22. The van der Waals surface area contributed by atoms with Crippen molar-refractivity contribution in [3.8, 4) is 0 Å². The second kappa shape index (κ2) is 7.06. The molecule has 0 unspecified atom stereocenters. The molecule has 1 aromatic rings. The molecule has 0 saturated heterocycles. The molecule has 70 valence electrons. The van der Waals surface area contributed by atoms with Crippen LogP contribution in [0.15, 0.2) is 43.0 Å². The van der Waals surface area contributed by atoms with E-state index in [1.807, 2.05) is 6.08 Å². The molecule has 1 rings (SSSR count). The Morgan fingerprint density at radius 2 is 1.93 bits per heavy atom. The average molecular weight is 263 g/mol. The van der Waals surface area contributed by atoms with Crippen molar-refractivity contribution < 1.29 is 24.2 Å². The molecule has 0 heterocycles. The summed E-state index contributed by atoms with van der Waals surface area (Å²) in [4.78, 5) is 0. The van der Waals surface area contributed by atoms with Gasteiger partial charge in [0.15, 0.2) is 0 Å². The van der Waals surface area contributed by atoms with E-state index >= 15 is 0 Å². The van der Waals surface area contributed by atoms with Crippen molar-refractivity contribution in [2.45, 2.75) is 25.7 Å². The number of unbranched alkanes of at least 4 members (excludes halogenated alkanes) is 2. The number of allylic oxidation sites excluding steroid dienone is 1. The molecule has 0 nitrogen and oxygen atoms in total. The Hall–Kier alpha value is -0.287. The molecule has 1 heteroatoms. The van der Waals surface area contributed by atoms with Crippen LogP contribution in [0.5, 0.6) is 0 Å². The first-order valence-electron chi connectivity index (χ1n) is 5.08. The first-order valence-corrected chi connectivity index (χ1v) is 6.31. The van der Waals surface area contributed by atoms with E-state index in [4.69, 9.17) is 0 Å². The topological polar surface area (TPSA) is 0 Å². The van der Waals surface area contributed by atoms with E-state index in [0.29, 0.717) is 0 Å². The molecule has 0 aliphatic rings. The minimum atomic E-state index is 1.15. The predicted molar refractivity (Wildman–Crippen MR) is 59.2 cm³/mol. The summed E-state index contributed by atoms with van der Waals surface area (Å²) in [6.45, 7) is 3.73. The normalized spacial score (nSPS) is 9.86. The van der Waals surface area contributed by atoms with Gasteiger partial charge in [-0.25, -0.2) is 0 Å². The molecule has 0 amide bonds. The second-order valence-electron chi connectivity index (χ2n) is 3.38. The summed E-state index contributed by atoms with van der Waals surface area (Å²) >= 11 is 1.55. The van der Waals surface area contributed by atoms with Gasteiger partial charge in [0.2, 0.25) is 0 Å². The fraction of sp³-hybridized carbons (Fsp3) is 0.308. The van der Waals surface area contributed by atoms with Gasteiger partial charge < -0.3 is 0 Å². The molecule has 0 saturated carbocycles. The molecule has 0 N–H and O–H groups in total. The summed E-state index contributed by atoms with van der Waals surface area (Å²) in [6.07, 6.45) is 6.97. The van der Waals surface area contributed by atoms with Gasteiger partial charge in [0.1, 0.15) is 0 Å². The summed E-state index contributed by atoms with van der Waals surface area (Å²) in [5.74, 6) is 0. The van der Waals surface area contributed by atoms with Crippen LogP contribution in [0.1, 0.15) is 31.2 Å². The van der Waals surface area contributed by atoms with Crippen molar-refractivity contribution in [1.82, 2.24) is 0 Å². The van der Waals surface area contributed by atoms with E-state index < -0.39 is 0 Å². The molecule has 0 fully saturated rings. The molecule has 0 bridgehead atoms. The van der Waals surface area contributed by atoms with E-state index in [2.05, 4.69) is 36.9 Å². The van der Waals surface area contributed by atoms with Crippen LogP contribution in [0.25, 0.3) is 0 Å². The van der Waals surface area contributed by atoms with Crippen LogP contribution in [0.4, 0.5) is 0 Å². The van der Waals surface area contributed by atoms with E-state index in [9.17, 15) is 0 Å². The zero-order chi connectivity index (χ0) is 10.2. The van der Waals surface area contributed by atoms with E-state index in [-0.39, 0.29) is 0 Å². The van der Waals surface area contributed by atoms with Gasteiger partial charge in [-0.2, -0.15) is 0 Å². The Morgan fingerprint density at radius 1 is 1.21 bits per heavy atom. The van der Waals surface area contributed by atoms with Crippen LogP contribution < -0.4 is 0 Å². The molecule has 14 heavy (non-hydrogen) atoms. The van der Waals surface area contributed by atoms with Crippen molar-refractivity contribution in [2.75, 3.05) is 0 Å². The first kappa shape index (κ1) is 11.8. The van der Waals surface area contributed by atoms with E-state index in [0.717, 1.165) is 6.42 Å². The summed E-state index contributed by atoms with van der Waals surface area (Å²) in [6, 6.07) is 10.7. The molecule has 1 aromatic carbocycles. The van der Waals surface area contributed by atoms with Gasteiger partial charge in [0.05, 0.1) is 0 Å². The van der Waals surface area contributed by atoms with Gasteiger partial charge in [-0.15, -0.1) is 0 Å². The van der Waals surface area contributed by atoms with Gasteiger partial charge in [-0.1, -0.05) is 0 Å². The van der Waals surface area contributed by atoms with Gasteiger partial charge in [0, 0.05) is 0 Å². The van der Waals surface area contributed by atoms with Crippen LogP contribution in [-0.2, 0) is 24.2 Å². The van der Waals surface area contributed by atoms with Crippen molar-refractivity contribution in [3.05, 3.63) is 48.6 Å². The first-order chi connectivity index (χ1) is 6.84. The number of hydrogen-bond donors (Lipinski definition) is 0. The van der Waals surface area contributed by atoms with Crippen molar-refractivity contribution >= 4 is 3.21 Å². The third-order valence-corrected chi connectivity index (χ3v) is 3.53. The summed E-state index contributed by atoms with van der Waals surface area (Å²) in [5, 5.41) is 0. The summed E-state index contributed by atoms with van der Waals surface area (Å²) in [5.41, 5.74) is 1.42. The summed E-state index contributed by atoms with van der Waals surface area (Å²) in [7, 11) is 0. The molecule has 0 atom stereocenters. The van der Waals surface area contributed by atoms with Crippen molar-refractivity contribution in [1.29, 1.82) is 0 Å². The van der Waals surface area contributed by atoms with Gasteiger partial charge in [-0.05, 0) is 0 Å². The molecular weight excluding hydrogens is 247 g/mol. The molecule has 0 aliphatic carbocycles. The Balaban J connectivity index is 2.32. The molecule has 0 aliphatic heterocycles. The van der Waals surface area contributed by atoms with Crippen LogP contribution in [0.3, 0.4) is 0 Å². The third-order valence-electron chi connectivity index (χ3n) is 2.21. The fourth-order valence-electron chi connectivity index (χ4n) is 1.37. The maximum atomic E-state index is 3.73. The second-order valence-corrected chi connectivity index (χ2v) is 4.86. The third kappa shape index (κ3) is 4.28. The molecule has 0 radical (unpaired) electrons. The summed E-state index contributed by atoms with van der Waals surface area (Å²) < 4.78 is 1.59. The maximum absolute atomic E-state index is 3.73. The standard InChI is InChI=1S/C13H16.Zr/c1-2-3-4-5-7-10-13-11-8-6-9-12-13;/h2,6,8-9,11-12H,1,3-5,7H2;/q;+2. The molecular formula is C13H16Zr+2. The van der Waals surface area contributed by atoms with Crippen LogP contribution in [0.2, 0.25) is 0 Å². The van der Waals surface area contributed by atoms with Crippen molar-refractivity contribution in [2.24, 2.45) is 0 Å². The van der Waals surface area contributed by atoms with E-state index in [1.165, 1.54) is 24.8 Å². The van der Waals surface area contributed by atoms with Crippen LogP contribution in [0, 0.1) is 0 Å². The SMILES string of the molecule is C=CCCCC[C](=[Zr+2])c1ccccc1. The Labute approximate surface area is 101 Å².